The summed E-state index contributed by atoms with van der Waals surface area (Å²) in [5.41, 5.74) is 0. The van der Waals surface area contributed by atoms with Crippen LogP contribution in [0.15, 0.2) is 53.7 Å². The number of benzene rings is 2. The first-order chi connectivity index (χ1) is 13.2. The fourth-order valence-electron chi connectivity index (χ4n) is 2.17. The molecule has 2 N–H and O–H groups in total. The lowest BCUT2D eigenvalue weighted by atomic mass is 10.3. The summed E-state index contributed by atoms with van der Waals surface area (Å²) < 4.78 is 17.9. The highest BCUT2D eigenvalue weighted by Crippen LogP contribution is 2.21. The molecular formula is C18H19ClN4O3S. The Kier molecular flexibility index (Phi) is 6.67. The third-order valence-electron chi connectivity index (χ3n) is 3.54. The number of hydrogen-bond acceptors (Lipinski definition) is 7. The van der Waals surface area contributed by atoms with Crippen LogP contribution < -0.4 is 20.1 Å². The van der Waals surface area contributed by atoms with Gasteiger partial charge in [-0.05, 0) is 36.4 Å². The maximum Gasteiger partial charge on any atom is 0.210 e. The van der Waals surface area contributed by atoms with Gasteiger partial charge in [0.2, 0.25) is 5.16 Å². The Labute approximate surface area is 166 Å². The van der Waals surface area contributed by atoms with Crippen LogP contribution in [0.2, 0.25) is 5.02 Å². The summed E-state index contributed by atoms with van der Waals surface area (Å²) in [6, 6.07) is 14.6. The number of methoxy groups -OCH3 is 1. The number of ether oxygens (including phenoxy) is 3. The molecule has 0 radical (unpaired) electrons. The first-order valence-corrected chi connectivity index (χ1v) is 9.49. The van der Waals surface area contributed by atoms with Gasteiger partial charge in [0.1, 0.15) is 23.9 Å². The summed E-state index contributed by atoms with van der Waals surface area (Å²) in [4.78, 5) is 0. The third-order valence-corrected chi connectivity index (χ3v) is 4.70. The Balaban J connectivity index is 1.47. The van der Waals surface area contributed by atoms with E-state index >= 15 is 0 Å². The SMILES string of the molecule is COc1cccc(OCc2nnc(SCCOc3ccc(Cl)cc3)n2N)c1. The van der Waals surface area contributed by atoms with Crippen molar-refractivity contribution in [2.45, 2.75) is 11.8 Å². The molecule has 0 aliphatic carbocycles. The van der Waals surface area contributed by atoms with Gasteiger partial charge in [0.25, 0.3) is 0 Å². The summed E-state index contributed by atoms with van der Waals surface area (Å²) in [5.74, 6) is 9.40. The highest BCUT2D eigenvalue weighted by atomic mass is 35.5. The molecule has 0 amide bonds. The molecule has 1 heterocycles. The Morgan fingerprint density at radius 3 is 2.59 bits per heavy atom. The Hall–Kier alpha value is -2.58. The second-order valence-electron chi connectivity index (χ2n) is 5.39. The topological polar surface area (TPSA) is 84.4 Å². The van der Waals surface area contributed by atoms with Gasteiger partial charge in [0, 0.05) is 16.8 Å². The van der Waals surface area contributed by atoms with E-state index < -0.39 is 0 Å². The van der Waals surface area contributed by atoms with Gasteiger partial charge in [0.05, 0.1) is 13.7 Å². The lowest BCUT2D eigenvalue weighted by molar-refractivity contribution is 0.289. The molecule has 0 saturated carbocycles. The average molecular weight is 407 g/mol. The van der Waals surface area contributed by atoms with Crippen molar-refractivity contribution in [1.29, 1.82) is 0 Å². The number of nitrogens with zero attached hydrogens (tertiary/aromatic N) is 3. The summed E-state index contributed by atoms with van der Waals surface area (Å²) in [7, 11) is 1.61. The molecule has 0 saturated heterocycles. The van der Waals surface area contributed by atoms with Crippen LogP contribution in [0.4, 0.5) is 0 Å². The molecule has 9 heteroatoms. The Bertz CT molecular complexity index is 873. The van der Waals surface area contributed by atoms with Crippen molar-refractivity contribution in [2.24, 2.45) is 0 Å². The number of nitrogens with two attached hydrogens (primary N) is 1. The standard InChI is InChI=1S/C18H19ClN4O3S/c1-24-15-3-2-4-16(11-15)26-12-17-21-22-18(23(17)20)27-10-9-25-14-7-5-13(19)6-8-14/h2-8,11H,9-10,12,20H2,1H3. The normalized spacial score (nSPS) is 10.6. The number of rotatable bonds is 9. The van der Waals surface area contributed by atoms with Crippen molar-refractivity contribution in [3.05, 3.63) is 59.4 Å². The first-order valence-electron chi connectivity index (χ1n) is 8.13. The number of halogens is 1. The molecule has 0 aliphatic heterocycles. The van der Waals surface area contributed by atoms with Gasteiger partial charge < -0.3 is 20.1 Å². The fraction of sp³-hybridized carbons (Fsp3) is 0.222. The second kappa shape index (κ2) is 9.38. The fourth-order valence-corrected chi connectivity index (χ4v) is 2.98. The lowest BCUT2D eigenvalue weighted by Crippen LogP contribution is -2.16. The van der Waals surface area contributed by atoms with Crippen LogP contribution in [0.1, 0.15) is 5.82 Å². The molecule has 0 aliphatic rings. The predicted molar refractivity (Wildman–Crippen MR) is 105 cm³/mol. The smallest absolute Gasteiger partial charge is 0.210 e. The van der Waals surface area contributed by atoms with E-state index in [0.29, 0.717) is 34.1 Å². The summed E-state index contributed by atoms with van der Waals surface area (Å²) >= 11 is 7.30. The number of thioether (sulfide) groups is 1. The maximum atomic E-state index is 6.04. The van der Waals surface area contributed by atoms with Crippen molar-refractivity contribution < 1.29 is 14.2 Å². The molecule has 1 aromatic heterocycles. The molecule has 0 atom stereocenters. The maximum absolute atomic E-state index is 6.04. The average Bonchev–Trinajstić information content (AvgIpc) is 3.05. The number of hydrogen-bond donors (Lipinski definition) is 1. The van der Waals surface area contributed by atoms with Crippen LogP contribution in [0.3, 0.4) is 0 Å². The monoisotopic (exact) mass is 406 g/mol. The number of aromatic nitrogens is 3. The minimum absolute atomic E-state index is 0.207. The molecular weight excluding hydrogens is 388 g/mol. The summed E-state index contributed by atoms with van der Waals surface area (Å²) in [5, 5.41) is 9.44. The summed E-state index contributed by atoms with van der Waals surface area (Å²) in [6.07, 6.45) is 0. The molecule has 7 nitrogen and oxygen atoms in total. The van der Waals surface area contributed by atoms with Crippen LogP contribution in [-0.2, 0) is 6.61 Å². The third kappa shape index (κ3) is 5.45. The highest BCUT2D eigenvalue weighted by Gasteiger charge is 2.11. The molecule has 3 aromatic rings. The predicted octanol–water partition coefficient (Wildman–Crippen LogP) is 3.40. The van der Waals surface area contributed by atoms with Crippen molar-refractivity contribution in [3.8, 4) is 17.2 Å². The zero-order chi connectivity index (χ0) is 19.1. The van der Waals surface area contributed by atoms with E-state index in [1.165, 1.54) is 16.4 Å². The quantitative estimate of drug-likeness (QED) is 0.331. The van der Waals surface area contributed by atoms with Gasteiger partial charge in [-0.15, -0.1) is 10.2 Å². The molecule has 27 heavy (non-hydrogen) atoms. The minimum atomic E-state index is 0.207. The van der Waals surface area contributed by atoms with E-state index in [1.54, 1.807) is 25.3 Å². The molecule has 0 spiro atoms. The van der Waals surface area contributed by atoms with Gasteiger partial charge in [-0.25, -0.2) is 4.68 Å². The van der Waals surface area contributed by atoms with Crippen molar-refractivity contribution in [3.63, 3.8) is 0 Å². The summed E-state index contributed by atoms with van der Waals surface area (Å²) in [6.45, 7) is 0.716. The zero-order valence-electron chi connectivity index (χ0n) is 14.7. The van der Waals surface area contributed by atoms with Crippen molar-refractivity contribution in [2.75, 3.05) is 25.3 Å². The van der Waals surface area contributed by atoms with Crippen LogP contribution in [-0.4, -0.2) is 34.3 Å². The van der Waals surface area contributed by atoms with Crippen molar-refractivity contribution in [1.82, 2.24) is 14.9 Å². The van der Waals surface area contributed by atoms with Gasteiger partial charge in [-0.1, -0.05) is 29.4 Å². The molecule has 0 fully saturated rings. The number of nitrogen functional groups attached to an aromatic ring is 1. The Morgan fingerprint density at radius 2 is 1.81 bits per heavy atom. The van der Waals surface area contributed by atoms with Crippen LogP contribution in [0.25, 0.3) is 0 Å². The van der Waals surface area contributed by atoms with E-state index in [1.807, 2.05) is 30.3 Å². The van der Waals surface area contributed by atoms with Crippen LogP contribution in [0.5, 0.6) is 17.2 Å². The second-order valence-corrected chi connectivity index (χ2v) is 6.89. The molecule has 2 aromatic carbocycles. The largest absolute Gasteiger partial charge is 0.497 e. The first kappa shape index (κ1) is 19.2. The van der Waals surface area contributed by atoms with E-state index in [0.717, 1.165) is 11.5 Å². The lowest BCUT2D eigenvalue weighted by Gasteiger charge is -2.08. The van der Waals surface area contributed by atoms with E-state index in [-0.39, 0.29) is 6.61 Å². The van der Waals surface area contributed by atoms with E-state index in [9.17, 15) is 0 Å². The van der Waals surface area contributed by atoms with E-state index in [2.05, 4.69) is 10.2 Å². The van der Waals surface area contributed by atoms with Crippen molar-refractivity contribution >= 4 is 23.4 Å². The van der Waals surface area contributed by atoms with Gasteiger partial charge in [0.15, 0.2) is 5.82 Å². The molecule has 142 valence electrons. The highest BCUT2D eigenvalue weighted by molar-refractivity contribution is 7.99. The van der Waals surface area contributed by atoms with Crippen LogP contribution in [0, 0.1) is 0 Å². The minimum Gasteiger partial charge on any atom is -0.497 e. The van der Waals surface area contributed by atoms with Gasteiger partial charge >= 0.3 is 0 Å². The Morgan fingerprint density at radius 1 is 1.04 bits per heavy atom. The molecule has 3 rings (SSSR count). The van der Waals surface area contributed by atoms with Crippen LogP contribution >= 0.6 is 23.4 Å². The van der Waals surface area contributed by atoms with Gasteiger partial charge in [-0.3, -0.25) is 0 Å². The zero-order valence-corrected chi connectivity index (χ0v) is 16.2. The molecule has 0 unspecified atom stereocenters. The van der Waals surface area contributed by atoms with Gasteiger partial charge in [-0.2, -0.15) is 0 Å². The van der Waals surface area contributed by atoms with E-state index in [4.69, 9.17) is 31.7 Å². The molecule has 0 bridgehead atoms.